The summed E-state index contributed by atoms with van der Waals surface area (Å²) >= 11 is 1.43. The molecule has 0 spiro atoms. The van der Waals surface area contributed by atoms with Gasteiger partial charge in [-0.1, -0.05) is 18.7 Å². The van der Waals surface area contributed by atoms with E-state index in [9.17, 15) is 14.0 Å². The van der Waals surface area contributed by atoms with Crippen molar-refractivity contribution >= 4 is 33.2 Å². The molecule has 2 aliphatic rings. The number of methoxy groups -OCH3 is 1. The Morgan fingerprint density at radius 2 is 1.87 bits per heavy atom. The van der Waals surface area contributed by atoms with Crippen molar-refractivity contribution in [2.45, 2.75) is 32.5 Å². The van der Waals surface area contributed by atoms with Crippen molar-refractivity contribution in [1.82, 2.24) is 29.5 Å². The van der Waals surface area contributed by atoms with Gasteiger partial charge in [-0.3, -0.25) is 19.2 Å². The summed E-state index contributed by atoms with van der Waals surface area (Å²) in [5, 5.41) is 7.72. The highest BCUT2D eigenvalue weighted by Crippen LogP contribution is 2.47. The molecule has 0 saturated heterocycles. The molecule has 0 unspecified atom stereocenters. The molecule has 5 aromatic rings. The zero-order valence-corrected chi connectivity index (χ0v) is 30.4. The maximum Gasteiger partial charge on any atom is 0.246 e. The van der Waals surface area contributed by atoms with Crippen molar-refractivity contribution in [3.8, 4) is 39.5 Å². The number of nitrogens with zero attached hydrogens (tertiary/aromatic N) is 6. The van der Waals surface area contributed by atoms with Crippen LogP contribution in [0, 0.1) is 11.6 Å². The average molecular weight is 727 g/mol. The fourth-order valence-corrected chi connectivity index (χ4v) is 8.01. The first-order valence-corrected chi connectivity index (χ1v) is 18.0. The van der Waals surface area contributed by atoms with Crippen molar-refractivity contribution < 1.29 is 27.8 Å². The van der Waals surface area contributed by atoms with Crippen LogP contribution in [0.25, 0.3) is 43.9 Å². The average Bonchev–Trinajstić information content (AvgIpc) is 3.80. The van der Waals surface area contributed by atoms with Crippen LogP contribution in [0.15, 0.2) is 60.5 Å². The molecule has 2 aliphatic heterocycles. The number of amides is 2. The van der Waals surface area contributed by atoms with E-state index in [2.05, 4.69) is 23.6 Å². The number of aromatic nitrogens is 3. The highest BCUT2D eigenvalue weighted by Gasteiger charge is 2.32. The van der Waals surface area contributed by atoms with Crippen LogP contribution in [0.5, 0.6) is 5.75 Å². The molecule has 270 valence electrons. The van der Waals surface area contributed by atoms with Gasteiger partial charge in [0.15, 0.2) is 0 Å². The van der Waals surface area contributed by atoms with E-state index >= 15 is 4.39 Å². The Kier molecular flexibility index (Phi) is 9.92. The van der Waals surface area contributed by atoms with Crippen molar-refractivity contribution in [3.63, 3.8) is 0 Å². The number of halogens is 2. The number of hydrogen-bond donors (Lipinski definition) is 0. The normalized spacial score (nSPS) is 15.7. The summed E-state index contributed by atoms with van der Waals surface area (Å²) in [6, 6.07) is 11.9. The van der Waals surface area contributed by atoms with Crippen molar-refractivity contribution in [2.24, 2.45) is 0 Å². The molecule has 0 radical (unpaired) electrons. The lowest BCUT2D eigenvalue weighted by Gasteiger charge is -2.33. The first-order chi connectivity index (χ1) is 25.1. The molecule has 10 nitrogen and oxygen atoms in total. The number of hydrogen-bond acceptors (Lipinski definition) is 8. The third-order valence-electron chi connectivity index (χ3n) is 9.81. The van der Waals surface area contributed by atoms with E-state index in [1.807, 2.05) is 35.2 Å². The molecule has 0 bridgehead atoms. The lowest BCUT2D eigenvalue weighted by atomic mass is 9.93. The number of fused-ring (bicyclic) bond motifs is 3. The second-order valence-electron chi connectivity index (χ2n) is 13.3. The van der Waals surface area contributed by atoms with E-state index in [1.54, 1.807) is 23.9 Å². The van der Waals surface area contributed by atoms with Crippen LogP contribution in [0.4, 0.5) is 8.78 Å². The third-order valence-corrected chi connectivity index (χ3v) is 10.7. The molecule has 2 amide bonds. The van der Waals surface area contributed by atoms with Crippen LogP contribution < -0.4 is 4.74 Å². The van der Waals surface area contributed by atoms with Gasteiger partial charge in [0.1, 0.15) is 35.4 Å². The Bertz CT molecular complexity index is 2200. The highest BCUT2D eigenvalue weighted by atomic mass is 32.1. The second kappa shape index (κ2) is 14.6. The molecular formula is C39H40F2N6O4S. The summed E-state index contributed by atoms with van der Waals surface area (Å²) < 4.78 is 44.6. The Labute approximate surface area is 304 Å². The van der Waals surface area contributed by atoms with Gasteiger partial charge in [0.25, 0.3) is 0 Å². The maximum atomic E-state index is 16.2. The van der Waals surface area contributed by atoms with Crippen LogP contribution in [0.3, 0.4) is 0 Å². The van der Waals surface area contributed by atoms with Crippen LogP contribution in [-0.2, 0) is 33.8 Å². The zero-order valence-electron chi connectivity index (χ0n) is 29.6. The fraction of sp³-hybridized carbons (Fsp3) is 0.333. The van der Waals surface area contributed by atoms with Gasteiger partial charge in [-0.15, -0.1) is 11.3 Å². The third kappa shape index (κ3) is 6.59. The lowest BCUT2D eigenvalue weighted by Crippen LogP contribution is -2.40. The number of benzene rings is 2. The monoisotopic (exact) mass is 726 g/mol. The summed E-state index contributed by atoms with van der Waals surface area (Å²) in [7, 11) is 5.06. The first kappa shape index (κ1) is 35.4. The number of carbonyl (C=O) groups is 2. The maximum absolute atomic E-state index is 16.2. The Morgan fingerprint density at radius 1 is 1.04 bits per heavy atom. The summed E-state index contributed by atoms with van der Waals surface area (Å²) in [5.74, 6) is -1.62. The van der Waals surface area contributed by atoms with Gasteiger partial charge in [-0.25, -0.2) is 13.8 Å². The van der Waals surface area contributed by atoms with Gasteiger partial charge in [0.05, 0.1) is 42.7 Å². The van der Waals surface area contributed by atoms with Gasteiger partial charge in [-0.05, 0) is 54.1 Å². The number of pyridine rings is 1. The molecule has 1 atom stereocenters. The number of rotatable bonds is 10. The number of likely N-dealkylation sites (N-methyl/N-ethyl adjacent to an activating group) is 1. The predicted octanol–water partition coefficient (Wildman–Crippen LogP) is 6.33. The molecule has 3 aromatic heterocycles. The zero-order chi connectivity index (χ0) is 36.7. The molecule has 52 heavy (non-hydrogen) atoms. The standard InChI is InChI=1S/C39H40F2N6O4S/c1-6-33(48)46-12-13-47-31(23(46)2)20-30(43-47)38-36(35-29(41)18-27(40)19-32(35)51-15-14-50-5)39-28(10-16-52-39)37(42-38)25-7-8-26-21-45(11-9-24(26)17-25)22-34(49)44(3)4/h6-8,10,16-20,23H,1,9,11-15,21-22H2,2-5H3/t23-/m1/s1. The summed E-state index contributed by atoms with van der Waals surface area (Å²) in [6.45, 7) is 8.60. The Balaban J connectivity index is 1.40. The van der Waals surface area contributed by atoms with Gasteiger partial charge >= 0.3 is 0 Å². The molecule has 0 fully saturated rings. The van der Waals surface area contributed by atoms with Gasteiger partial charge in [0, 0.05) is 74.2 Å². The smallest absolute Gasteiger partial charge is 0.246 e. The SMILES string of the molecule is C=CC(=O)N1CCn2nc(-c3nc(-c4ccc5c(c4)CCN(CC(=O)N(C)C)C5)c4ccsc4c3-c3c(F)cc(F)cc3OCCOC)cc2[C@H]1C. The topological polar surface area (TPSA) is 93.0 Å². The first-order valence-electron chi connectivity index (χ1n) is 17.2. The van der Waals surface area contributed by atoms with Crippen molar-refractivity contribution in [3.05, 3.63) is 89.0 Å². The minimum absolute atomic E-state index is 0.0335. The lowest BCUT2D eigenvalue weighted by molar-refractivity contribution is -0.130. The van der Waals surface area contributed by atoms with Crippen LogP contribution >= 0.6 is 11.3 Å². The van der Waals surface area contributed by atoms with E-state index in [0.29, 0.717) is 48.8 Å². The number of thiophene rings is 1. The minimum Gasteiger partial charge on any atom is -0.490 e. The van der Waals surface area contributed by atoms with E-state index in [1.165, 1.54) is 36.2 Å². The number of ether oxygens (including phenoxy) is 2. The van der Waals surface area contributed by atoms with Crippen LogP contribution in [0.2, 0.25) is 0 Å². The van der Waals surface area contributed by atoms with Crippen molar-refractivity contribution in [1.29, 1.82) is 0 Å². The van der Waals surface area contributed by atoms with Crippen molar-refractivity contribution in [2.75, 3.05) is 54.1 Å². The number of carbonyl (C=O) groups excluding carboxylic acids is 2. The summed E-state index contributed by atoms with van der Waals surface area (Å²) in [4.78, 5) is 35.9. The van der Waals surface area contributed by atoms with Crippen LogP contribution in [-0.4, -0.2) is 95.3 Å². The minimum atomic E-state index is -0.788. The molecule has 0 N–H and O–H groups in total. The summed E-state index contributed by atoms with van der Waals surface area (Å²) in [5.41, 5.74) is 6.16. The highest BCUT2D eigenvalue weighted by molar-refractivity contribution is 7.18. The van der Waals surface area contributed by atoms with E-state index in [4.69, 9.17) is 19.6 Å². The summed E-state index contributed by atoms with van der Waals surface area (Å²) in [6.07, 6.45) is 2.08. The Hall–Kier alpha value is -4.98. The van der Waals surface area contributed by atoms with Crippen LogP contribution in [0.1, 0.15) is 29.8 Å². The van der Waals surface area contributed by atoms with Gasteiger partial charge in [-0.2, -0.15) is 5.10 Å². The molecule has 0 saturated carbocycles. The quantitative estimate of drug-likeness (QED) is 0.123. The fourth-order valence-electron chi connectivity index (χ4n) is 7.07. The molecule has 13 heteroatoms. The molecule has 7 rings (SSSR count). The molecule has 0 aliphatic carbocycles. The van der Waals surface area contributed by atoms with E-state index in [0.717, 1.165) is 45.9 Å². The molecule has 5 heterocycles. The predicted molar refractivity (Wildman–Crippen MR) is 197 cm³/mol. The van der Waals surface area contributed by atoms with E-state index in [-0.39, 0.29) is 42.4 Å². The van der Waals surface area contributed by atoms with Gasteiger partial charge in [0.2, 0.25) is 11.8 Å². The Morgan fingerprint density at radius 3 is 2.63 bits per heavy atom. The van der Waals surface area contributed by atoms with Gasteiger partial charge < -0.3 is 19.3 Å². The second-order valence-corrected chi connectivity index (χ2v) is 14.2. The molecule has 2 aromatic carbocycles. The van der Waals surface area contributed by atoms with E-state index < -0.39 is 11.6 Å². The largest absolute Gasteiger partial charge is 0.490 e. The molecular weight excluding hydrogens is 687 g/mol.